The van der Waals surface area contributed by atoms with Gasteiger partial charge in [0.1, 0.15) is 0 Å². The Hall–Kier alpha value is -1.15. The Kier molecular flexibility index (Phi) is 3.34. The second kappa shape index (κ2) is 4.45. The van der Waals surface area contributed by atoms with E-state index in [0.717, 1.165) is 29.5 Å². The van der Waals surface area contributed by atoms with Crippen LogP contribution in [0, 0.1) is 19.3 Å². The summed E-state index contributed by atoms with van der Waals surface area (Å²) in [7, 11) is 0. The van der Waals surface area contributed by atoms with Crippen molar-refractivity contribution in [2.45, 2.75) is 52.9 Å². The van der Waals surface area contributed by atoms with Gasteiger partial charge in [-0.1, -0.05) is 32.9 Å². The Labute approximate surface area is 115 Å². The Bertz CT molecular complexity index is 494. The van der Waals surface area contributed by atoms with E-state index in [1.54, 1.807) is 0 Å². The molecule has 0 atom stereocenters. The molecule has 1 fully saturated rings. The minimum atomic E-state index is -0.473. The van der Waals surface area contributed by atoms with Gasteiger partial charge in [0.15, 0.2) is 5.78 Å². The van der Waals surface area contributed by atoms with Gasteiger partial charge in [-0.3, -0.25) is 4.79 Å². The van der Waals surface area contributed by atoms with E-state index in [0.29, 0.717) is 0 Å². The van der Waals surface area contributed by atoms with Crippen molar-refractivity contribution in [3.05, 3.63) is 34.4 Å². The molecule has 0 amide bonds. The lowest BCUT2D eigenvalue weighted by atomic mass is 9.81. The molecule has 1 saturated carbocycles. The second-order valence-electron chi connectivity index (χ2n) is 7.00. The third kappa shape index (κ3) is 2.46. The molecule has 0 radical (unpaired) electrons. The van der Waals surface area contributed by atoms with E-state index in [4.69, 9.17) is 0 Å². The summed E-state index contributed by atoms with van der Waals surface area (Å²) in [4.78, 5) is 12.6. The normalized spacial score (nSPS) is 17.4. The lowest BCUT2D eigenvalue weighted by molar-refractivity contribution is 0.0828. The average Bonchev–Trinajstić information content (AvgIpc) is 3.07. The van der Waals surface area contributed by atoms with Crippen LogP contribution >= 0.6 is 0 Å². The quantitative estimate of drug-likeness (QED) is 0.844. The lowest BCUT2D eigenvalue weighted by Gasteiger charge is -2.23. The SMILES string of the molecule is Cc1cc(C(C)(C)C)cc(C)c1C(=O)C1(CO)CC1. The summed E-state index contributed by atoms with van der Waals surface area (Å²) in [6.45, 7) is 10.5. The maximum atomic E-state index is 12.6. The van der Waals surface area contributed by atoms with E-state index in [1.165, 1.54) is 5.56 Å². The molecular formula is C17H24O2. The molecular weight excluding hydrogens is 236 g/mol. The minimum Gasteiger partial charge on any atom is -0.395 e. The molecule has 1 N–H and O–H groups in total. The Morgan fingerprint density at radius 3 is 2.00 bits per heavy atom. The van der Waals surface area contributed by atoms with Crippen LogP contribution in [0.1, 0.15) is 60.7 Å². The maximum absolute atomic E-state index is 12.6. The number of ketones is 1. The van der Waals surface area contributed by atoms with Crippen molar-refractivity contribution in [2.75, 3.05) is 6.61 Å². The van der Waals surface area contributed by atoms with Gasteiger partial charge in [-0.05, 0) is 48.8 Å². The number of hydrogen-bond acceptors (Lipinski definition) is 2. The molecule has 1 aliphatic rings. The zero-order valence-electron chi connectivity index (χ0n) is 12.6. The van der Waals surface area contributed by atoms with Crippen LogP contribution in [-0.4, -0.2) is 17.5 Å². The van der Waals surface area contributed by atoms with Crippen LogP contribution in [0.15, 0.2) is 12.1 Å². The number of aliphatic hydroxyl groups is 1. The first-order valence-corrected chi connectivity index (χ1v) is 6.99. The fourth-order valence-corrected chi connectivity index (χ4v) is 2.63. The van der Waals surface area contributed by atoms with Gasteiger partial charge in [0, 0.05) is 5.56 Å². The second-order valence-corrected chi connectivity index (χ2v) is 7.00. The number of carbonyl (C=O) groups excluding carboxylic acids is 1. The topological polar surface area (TPSA) is 37.3 Å². The maximum Gasteiger partial charge on any atom is 0.171 e. The molecule has 0 aromatic heterocycles. The molecule has 0 heterocycles. The van der Waals surface area contributed by atoms with Crippen LogP contribution in [0.4, 0.5) is 0 Å². The number of benzene rings is 1. The van der Waals surface area contributed by atoms with Gasteiger partial charge >= 0.3 is 0 Å². The van der Waals surface area contributed by atoms with Gasteiger partial charge in [0.2, 0.25) is 0 Å². The summed E-state index contributed by atoms with van der Waals surface area (Å²) in [6.07, 6.45) is 1.64. The molecule has 0 bridgehead atoms. The van der Waals surface area contributed by atoms with E-state index >= 15 is 0 Å². The number of Topliss-reactive ketones (excluding diaryl/α,β-unsaturated/α-hetero) is 1. The molecule has 104 valence electrons. The lowest BCUT2D eigenvalue weighted by Crippen LogP contribution is -2.23. The summed E-state index contributed by atoms with van der Waals surface area (Å²) < 4.78 is 0. The van der Waals surface area contributed by atoms with E-state index in [-0.39, 0.29) is 17.8 Å². The zero-order valence-corrected chi connectivity index (χ0v) is 12.6. The van der Waals surface area contributed by atoms with Crippen molar-refractivity contribution in [1.82, 2.24) is 0 Å². The fourth-order valence-electron chi connectivity index (χ4n) is 2.63. The number of hydrogen-bond donors (Lipinski definition) is 1. The van der Waals surface area contributed by atoms with Crippen LogP contribution in [0.25, 0.3) is 0 Å². The molecule has 2 rings (SSSR count). The predicted molar refractivity (Wildman–Crippen MR) is 77.7 cm³/mol. The van der Waals surface area contributed by atoms with Gasteiger partial charge in [-0.25, -0.2) is 0 Å². The van der Waals surface area contributed by atoms with Crippen LogP contribution in [0.2, 0.25) is 0 Å². The van der Waals surface area contributed by atoms with Crippen molar-refractivity contribution >= 4 is 5.78 Å². The number of aryl methyl sites for hydroxylation is 2. The van der Waals surface area contributed by atoms with E-state index in [9.17, 15) is 9.90 Å². The fraction of sp³-hybridized carbons (Fsp3) is 0.588. The van der Waals surface area contributed by atoms with E-state index in [1.807, 2.05) is 13.8 Å². The highest BCUT2D eigenvalue weighted by molar-refractivity contribution is 6.04. The third-order valence-corrected chi connectivity index (χ3v) is 4.26. The monoisotopic (exact) mass is 260 g/mol. The van der Waals surface area contributed by atoms with E-state index in [2.05, 4.69) is 32.9 Å². The summed E-state index contributed by atoms with van der Waals surface area (Å²) in [5.41, 5.74) is 3.76. The average molecular weight is 260 g/mol. The van der Waals surface area contributed by atoms with Gasteiger partial charge in [0.25, 0.3) is 0 Å². The molecule has 1 aromatic carbocycles. The van der Waals surface area contributed by atoms with Gasteiger partial charge in [-0.2, -0.15) is 0 Å². The van der Waals surface area contributed by atoms with Crippen molar-refractivity contribution in [1.29, 1.82) is 0 Å². The van der Waals surface area contributed by atoms with Crippen molar-refractivity contribution in [3.63, 3.8) is 0 Å². The summed E-state index contributed by atoms with van der Waals surface area (Å²) in [5, 5.41) is 9.43. The van der Waals surface area contributed by atoms with E-state index < -0.39 is 5.41 Å². The first-order chi connectivity index (χ1) is 8.71. The molecule has 2 nitrogen and oxygen atoms in total. The largest absolute Gasteiger partial charge is 0.395 e. The molecule has 19 heavy (non-hydrogen) atoms. The number of rotatable bonds is 3. The van der Waals surface area contributed by atoms with Crippen molar-refractivity contribution < 1.29 is 9.90 Å². The van der Waals surface area contributed by atoms with Gasteiger partial charge in [0.05, 0.1) is 12.0 Å². The standard InChI is InChI=1S/C17H24O2/c1-11-8-13(16(3,4)5)9-12(2)14(11)15(19)17(10-18)6-7-17/h8-9,18H,6-7,10H2,1-5H3. The van der Waals surface area contributed by atoms with Gasteiger partial charge < -0.3 is 5.11 Å². The Morgan fingerprint density at radius 2 is 1.68 bits per heavy atom. The molecule has 0 unspecified atom stereocenters. The zero-order chi connectivity index (χ0) is 14.4. The third-order valence-electron chi connectivity index (χ3n) is 4.26. The van der Waals surface area contributed by atoms with Crippen LogP contribution < -0.4 is 0 Å². The summed E-state index contributed by atoms with van der Waals surface area (Å²) >= 11 is 0. The van der Waals surface area contributed by atoms with Crippen LogP contribution in [0.5, 0.6) is 0 Å². The molecule has 0 aliphatic heterocycles. The minimum absolute atomic E-state index is 0.0221. The Morgan fingerprint density at radius 1 is 1.21 bits per heavy atom. The molecule has 1 aromatic rings. The van der Waals surface area contributed by atoms with Crippen LogP contribution in [0.3, 0.4) is 0 Å². The first-order valence-electron chi connectivity index (χ1n) is 6.99. The highest BCUT2D eigenvalue weighted by Crippen LogP contribution is 2.48. The molecule has 2 heteroatoms. The molecule has 0 saturated heterocycles. The molecule has 0 spiro atoms. The first kappa shape index (κ1) is 14.3. The number of carbonyl (C=O) groups is 1. The summed E-state index contributed by atoms with van der Waals surface area (Å²) in [5.74, 6) is 0.130. The van der Waals surface area contributed by atoms with Crippen molar-refractivity contribution in [3.8, 4) is 0 Å². The predicted octanol–water partition coefficient (Wildman–Crippen LogP) is 3.56. The highest BCUT2D eigenvalue weighted by atomic mass is 16.3. The van der Waals surface area contributed by atoms with Crippen LogP contribution in [-0.2, 0) is 5.41 Å². The molecule has 1 aliphatic carbocycles. The smallest absolute Gasteiger partial charge is 0.171 e. The van der Waals surface area contributed by atoms with Crippen molar-refractivity contribution in [2.24, 2.45) is 5.41 Å². The number of aliphatic hydroxyl groups excluding tert-OH is 1. The van der Waals surface area contributed by atoms with Gasteiger partial charge in [-0.15, -0.1) is 0 Å². The highest BCUT2D eigenvalue weighted by Gasteiger charge is 2.50. The summed E-state index contributed by atoms with van der Waals surface area (Å²) in [6, 6.07) is 4.24. The Balaban J connectivity index is 2.46.